The Morgan fingerprint density at radius 3 is 2.50 bits per heavy atom. The third-order valence-electron chi connectivity index (χ3n) is 5.23. The molecule has 3 rings (SSSR count). The fraction of sp³-hybridized carbons (Fsp3) is 0.875. The summed E-state index contributed by atoms with van der Waals surface area (Å²) in [5.41, 5.74) is 0. The quantitative estimate of drug-likeness (QED) is 0.836. The molecule has 0 spiro atoms. The van der Waals surface area contributed by atoms with Gasteiger partial charge in [-0.05, 0) is 31.6 Å². The molecular weight excluding hydrogens is 323 g/mol. The van der Waals surface area contributed by atoms with Crippen LogP contribution in [0.4, 0.5) is 13.2 Å². The number of amides is 2. The Morgan fingerprint density at radius 1 is 1.21 bits per heavy atom. The largest absolute Gasteiger partial charge is 0.406 e. The number of alkyl halides is 3. The first kappa shape index (κ1) is 17.5. The van der Waals surface area contributed by atoms with Crippen LogP contribution in [0.5, 0.6) is 0 Å². The first-order chi connectivity index (χ1) is 11.2. The Labute approximate surface area is 139 Å². The molecule has 3 aliphatic rings. The summed E-state index contributed by atoms with van der Waals surface area (Å²) < 4.78 is 37.4. The summed E-state index contributed by atoms with van der Waals surface area (Å²) in [5.74, 6) is 0.157. The van der Waals surface area contributed by atoms with Crippen LogP contribution < -0.4 is 5.32 Å². The van der Waals surface area contributed by atoms with Gasteiger partial charge in [-0.2, -0.15) is 13.2 Å². The van der Waals surface area contributed by atoms with Gasteiger partial charge < -0.3 is 15.1 Å². The fourth-order valence-corrected chi connectivity index (χ4v) is 3.71. The maximum absolute atomic E-state index is 12.5. The van der Waals surface area contributed by atoms with E-state index in [1.54, 1.807) is 0 Å². The zero-order valence-electron chi connectivity index (χ0n) is 13.8. The van der Waals surface area contributed by atoms with Crippen LogP contribution in [-0.2, 0) is 9.59 Å². The van der Waals surface area contributed by atoms with E-state index in [1.807, 2.05) is 11.8 Å². The van der Waals surface area contributed by atoms with E-state index in [4.69, 9.17) is 0 Å². The van der Waals surface area contributed by atoms with Crippen LogP contribution in [0.3, 0.4) is 0 Å². The van der Waals surface area contributed by atoms with E-state index in [1.165, 1.54) is 0 Å². The molecule has 24 heavy (non-hydrogen) atoms. The molecule has 3 atom stereocenters. The van der Waals surface area contributed by atoms with Crippen molar-refractivity contribution in [2.75, 3.05) is 26.2 Å². The Balaban J connectivity index is 1.50. The Hall–Kier alpha value is -1.31. The van der Waals surface area contributed by atoms with Gasteiger partial charge in [0.25, 0.3) is 0 Å². The third-order valence-corrected chi connectivity index (χ3v) is 5.23. The third kappa shape index (κ3) is 4.02. The van der Waals surface area contributed by atoms with Gasteiger partial charge in [0.15, 0.2) is 0 Å². The molecule has 3 fully saturated rings. The number of halogens is 3. The minimum absolute atomic E-state index is 0.0630. The minimum Gasteiger partial charge on any atom is -0.342 e. The van der Waals surface area contributed by atoms with Crippen molar-refractivity contribution in [3.05, 3.63) is 0 Å². The van der Waals surface area contributed by atoms with E-state index in [2.05, 4.69) is 5.32 Å². The molecule has 8 heteroatoms. The monoisotopic (exact) mass is 347 g/mol. The topological polar surface area (TPSA) is 52.7 Å². The highest BCUT2D eigenvalue weighted by atomic mass is 19.4. The lowest BCUT2D eigenvalue weighted by Gasteiger charge is -2.38. The van der Waals surface area contributed by atoms with Crippen LogP contribution in [0.2, 0.25) is 0 Å². The van der Waals surface area contributed by atoms with Crippen molar-refractivity contribution < 1.29 is 22.8 Å². The number of likely N-dealkylation sites (tertiary alicyclic amines) is 2. The predicted octanol–water partition coefficient (Wildman–Crippen LogP) is 1.39. The first-order valence-corrected chi connectivity index (χ1v) is 8.65. The van der Waals surface area contributed by atoms with E-state index < -0.39 is 24.7 Å². The second-order valence-electron chi connectivity index (χ2n) is 7.31. The van der Waals surface area contributed by atoms with Gasteiger partial charge in [0, 0.05) is 31.6 Å². The molecule has 2 heterocycles. The highest BCUT2D eigenvalue weighted by Crippen LogP contribution is 2.32. The van der Waals surface area contributed by atoms with Crippen molar-refractivity contribution >= 4 is 11.8 Å². The van der Waals surface area contributed by atoms with E-state index in [-0.39, 0.29) is 30.3 Å². The van der Waals surface area contributed by atoms with E-state index in [9.17, 15) is 22.8 Å². The molecule has 5 nitrogen and oxygen atoms in total. The normalized spacial score (nSPS) is 31.7. The average Bonchev–Trinajstić information content (AvgIpc) is 3.29. The van der Waals surface area contributed by atoms with Crippen LogP contribution in [-0.4, -0.2) is 66.1 Å². The van der Waals surface area contributed by atoms with Gasteiger partial charge in [0.2, 0.25) is 11.8 Å². The van der Waals surface area contributed by atoms with Gasteiger partial charge in [-0.1, -0.05) is 6.92 Å². The highest BCUT2D eigenvalue weighted by molar-refractivity contribution is 5.84. The zero-order chi connectivity index (χ0) is 17.5. The smallest absolute Gasteiger partial charge is 0.342 e. The Bertz CT molecular complexity index is 507. The number of carbonyl (C=O) groups is 2. The summed E-state index contributed by atoms with van der Waals surface area (Å²) in [4.78, 5) is 27.0. The fourth-order valence-electron chi connectivity index (χ4n) is 3.71. The molecule has 1 saturated carbocycles. The van der Waals surface area contributed by atoms with E-state index >= 15 is 0 Å². The van der Waals surface area contributed by atoms with E-state index in [0.29, 0.717) is 19.5 Å². The zero-order valence-corrected chi connectivity index (χ0v) is 13.8. The Morgan fingerprint density at radius 2 is 1.92 bits per heavy atom. The summed E-state index contributed by atoms with van der Waals surface area (Å²) in [6.07, 6.45) is -1.24. The first-order valence-electron chi connectivity index (χ1n) is 8.65. The maximum atomic E-state index is 12.5. The van der Waals surface area contributed by atoms with Crippen LogP contribution >= 0.6 is 0 Å². The highest BCUT2D eigenvalue weighted by Gasteiger charge is 2.41. The standard InChI is InChI=1S/C16H24F3N3O2/c1-10-8-21(14(23)11-2-3-11)6-4-12(10)20-13-5-7-22(15(13)24)9-16(17,18)19/h10-13,20H,2-9H2,1H3. The second-order valence-corrected chi connectivity index (χ2v) is 7.31. The van der Waals surface area contributed by atoms with Crippen molar-refractivity contribution in [2.24, 2.45) is 11.8 Å². The molecule has 0 aromatic rings. The van der Waals surface area contributed by atoms with Gasteiger partial charge in [-0.15, -0.1) is 0 Å². The van der Waals surface area contributed by atoms with Crippen molar-refractivity contribution in [1.29, 1.82) is 0 Å². The number of nitrogens with one attached hydrogen (secondary N) is 1. The number of piperidine rings is 1. The van der Waals surface area contributed by atoms with Crippen LogP contribution in [0.1, 0.15) is 32.6 Å². The maximum Gasteiger partial charge on any atom is 0.406 e. The van der Waals surface area contributed by atoms with Crippen molar-refractivity contribution in [1.82, 2.24) is 15.1 Å². The Kier molecular flexibility index (Phi) is 4.77. The molecule has 0 aromatic carbocycles. The second kappa shape index (κ2) is 6.54. The lowest BCUT2D eigenvalue weighted by Crippen LogP contribution is -2.54. The van der Waals surface area contributed by atoms with Gasteiger partial charge in [-0.25, -0.2) is 0 Å². The summed E-state index contributed by atoms with van der Waals surface area (Å²) in [7, 11) is 0. The lowest BCUT2D eigenvalue weighted by atomic mass is 9.92. The number of hydrogen-bond donors (Lipinski definition) is 1. The molecule has 3 unspecified atom stereocenters. The predicted molar refractivity (Wildman–Crippen MR) is 81.0 cm³/mol. The average molecular weight is 347 g/mol. The summed E-state index contributed by atoms with van der Waals surface area (Å²) in [6, 6.07) is -0.474. The molecule has 1 N–H and O–H groups in total. The number of nitrogens with zero attached hydrogens (tertiary/aromatic N) is 2. The molecule has 136 valence electrons. The number of carbonyl (C=O) groups excluding carboxylic acids is 2. The van der Waals surface area contributed by atoms with Crippen LogP contribution in [0.25, 0.3) is 0 Å². The van der Waals surface area contributed by atoms with Gasteiger partial charge in [0.1, 0.15) is 6.54 Å². The summed E-state index contributed by atoms with van der Waals surface area (Å²) in [5, 5.41) is 3.24. The van der Waals surface area contributed by atoms with Crippen molar-refractivity contribution in [3.8, 4) is 0 Å². The lowest BCUT2D eigenvalue weighted by molar-refractivity contribution is -0.158. The van der Waals surface area contributed by atoms with Crippen LogP contribution in [0.15, 0.2) is 0 Å². The van der Waals surface area contributed by atoms with Crippen molar-refractivity contribution in [3.63, 3.8) is 0 Å². The minimum atomic E-state index is -4.35. The molecule has 2 amide bonds. The van der Waals surface area contributed by atoms with Crippen molar-refractivity contribution in [2.45, 2.75) is 50.9 Å². The number of rotatable bonds is 4. The molecule has 0 bridgehead atoms. The number of hydrogen-bond acceptors (Lipinski definition) is 3. The van der Waals surface area contributed by atoms with E-state index in [0.717, 1.165) is 24.2 Å². The van der Waals surface area contributed by atoms with Crippen LogP contribution in [0, 0.1) is 11.8 Å². The SMILES string of the molecule is CC1CN(C(=O)C2CC2)CCC1NC1CCN(CC(F)(F)F)C1=O. The summed E-state index contributed by atoms with van der Waals surface area (Å²) in [6.45, 7) is 2.30. The molecule has 2 aliphatic heterocycles. The van der Waals surface area contributed by atoms with Gasteiger partial charge >= 0.3 is 6.18 Å². The van der Waals surface area contributed by atoms with Gasteiger partial charge in [0.05, 0.1) is 6.04 Å². The molecule has 0 aromatic heterocycles. The van der Waals surface area contributed by atoms with Gasteiger partial charge in [-0.3, -0.25) is 9.59 Å². The molecule has 0 radical (unpaired) electrons. The molecule has 2 saturated heterocycles. The summed E-state index contributed by atoms with van der Waals surface area (Å²) >= 11 is 0. The molecule has 1 aliphatic carbocycles. The molecular formula is C16H24F3N3O2.